The number of carbonyl (C=O) groups is 2. The van der Waals surface area contributed by atoms with E-state index in [-0.39, 0.29) is 17.7 Å². The van der Waals surface area contributed by atoms with Gasteiger partial charge < -0.3 is 10.4 Å². The van der Waals surface area contributed by atoms with Gasteiger partial charge in [0.25, 0.3) is 0 Å². The van der Waals surface area contributed by atoms with Crippen LogP contribution in [0.2, 0.25) is 0 Å². The number of carbonyl (C=O) groups excluding carboxylic acids is 1. The number of rotatable bonds is 8. The third-order valence-corrected chi connectivity index (χ3v) is 4.41. The lowest BCUT2D eigenvalue weighted by molar-refractivity contribution is -0.143. The summed E-state index contributed by atoms with van der Waals surface area (Å²) in [5.41, 5.74) is 0. The molecule has 116 valence electrons. The summed E-state index contributed by atoms with van der Waals surface area (Å²) in [6.07, 6.45) is 7.36. The molecule has 0 spiro atoms. The Morgan fingerprint density at radius 3 is 2.10 bits per heavy atom. The fraction of sp³-hybridized carbons (Fsp3) is 0.875. The third kappa shape index (κ3) is 5.51. The van der Waals surface area contributed by atoms with E-state index in [0.717, 1.165) is 57.9 Å². The maximum Gasteiger partial charge on any atom is 0.306 e. The monoisotopic (exact) mass is 283 g/mol. The van der Waals surface area contributed by atoms with Gasteiger partial charge in [-0.25, -0.2) is 0 Å². The van der Waals surface area contributed by atoms with E-state index in [1.165, 1.54) is 0 Å². The average Bonchev–Trinajstić information content (AvgIpc) is 2.45. The van der Waals surface area contributed by atoms with Gasteiger partial charge in [0.2, 0.25) is 5.91 Å². The molecule has 4 nitrogen and oxygen atoms in total. The Morgan fingerprint density at radius 1 is 1.10 bits per heavy atom. The molecule has 0 heterocycles. The Bertz CT molecular complexity index is 303. The molecule has 1 fully saturated rings. The molecule has 0 radical (unpaired) electrons. The lowest BCUT2D eigenvalue weighted by Crippen LogP contribution is -2.36. The molecule has 0 aliphatic heterocycles. The van der Waals surface area contributed by atoms with E-state index in [1.54, 1.807) is 0 Å². The molecule has 20 heavy (non-hydrogen) atoms. The van der Waals surface area contributed by atoms with Crippen LogP contribution in [0.15, 0.2) is 0 Å². The molecular weight excluding hydrogens is 254 g/mol. The van der Waals surface area contributed by atoms with Crippen molar-refractivity contribution in [2.45, 2.75) is 65.2 Å². The first-order valence-electron chi connectivity index (χ1n) is 8.08. The SMILES string of the molecule is CCCC(CCC)C(=O)NCC1CCC(C(=O)O)CC1. The zero-order valence-corrected chi connectivity index (χ0v) is 12.9. The minimum Gasteiger partial charge on any atom is -0.481 e. The number of amides is 1. The Hall–Kier alpha value is -1.06. The number of nitrogens with one attached hydrogen (secondary N) is 1. The van der Waals surface area contributed by atoms with Gasteiger partial charge in [-0.2, -0.15) is 0 Å². The van der Waals surface area contributed by atoms with Crippen LogP contribution in [-0.2, 0) is 9.59 Å². The molecule has 1 aliphatic rings. The van der Waals surface area contributed by atoms with Crippen LogP contribution in [0.3, 0.4) is 0 Å². The number of carboxylic acid groups (broad SMARTS) is 1. The highest BCUT2D eigenvalue weighted by Crippen LogP contribution is 2.28. The van der Waals surface area contributed by atoms with Gasteiger partial charge >= 0.3 is 5.97 Å². The second-order valence-electron chi connectivity index (χ2n) is 6.08. The second kappa shape index (κ2) is 8.98. The smallest absolute Gasteiger partial charge is 0.306 e. The summed E-state index contributed by atoms with van der Waals surface area (Å²) in [5.74, 6) is -0.0406. The van der Waals surface area contributed by atoms with E-state index in [1.807, 2.05) is 0 Å². The van der Waals surface area contributed by atoms with E-state index in [0.29, 0.717) is 5.92 Å². The van der Waals surface area contributed by atoms with Gasteiger partial charge in [0.15, 0.2) is 0 Å². The molecule has 0 bridgehead atoms. The Labute approximate surface area is 122 Å². The summed E-state index contributed by atoms with van der Waals surface area (Å²) in [6.45, 7) is 4.95. The van der Waals surface area contributed by atoms with Crippen LogP contribution in [0.25, 0.3) is 0 Å². The van der Waals surface area contributed by atoms with E-state index < -0.39 is 5.97 Å². The summed E-state index contributed by atoms with van der Waals surface area (Å²) in [6, 6.07) is 0. The Balaban J connectivity index is 2.29. The van der Waals surface area contributed by atoms with Gasteiger partial charge in [-0.05, 0) is 44.4 Å². The van der Waals surface area contributed by atoms with Crippen molar-refractivity contribution in [1.29, 1.82) is 0 Å². The molecule has 1 amide bonds. The summed E-state index contributed by atoms with van der Waals surface area (Å²) in [7, 11) is 0. The number of aliphatic carboxylic acids is 1. The van der Waals surface area contributed by atoms with Crippen molar-refractivity contribution in [2.75, 3.05) is 6.54 Å². The molecule has 0 aromatic heterocycles. The molecule has 0 aromatic carbocycles. The van der Waals surface area contributed by atoms with Crippen molar-refractivity contribution in [2.24, 2.45) is 17.8 Å². The quantitative estimate of drug-likeness (QED) is 0.719. The molecular formula is C16H29NO3. The van der Waals surface area contributed by atoms with Crippen molar-refractivity contribution >= 4 is 11.9 Å². The molecule has 4 heteroatoms. The number of carboxylic acids is 1. The minimum atomic E-state index is -0.668. The van der Waals surface area contributed by atoms with Gasteiger partial charge in [0.05, 0.1) is 5.92 Å². The van der Waals surface area contributed by atoms with Crippen LogP contribution in [-0.4, -0.2) is 23.5 Å². The lowest BCUT2D eigenvalue weighted by Gasteiger charge is -2.27. The summed E-state index contributed by atoms with van der Waals surface area (Å²) in [5, 5.41) is 12.0. The van der Waals surface area contributed by atoms with Gasteiger partial charge in [-0.15, -0.1) is 0 Å². The van der Waals surface area contributed by atoms with Crippen LogP contribution in [0.5, 0.6) is 0 Å². The maximum absolute atomic E-state index is 12.1. The maximum atomic E-state index is 12.1. The zero-order valence-electron chi connectivity index (χ0n) is 12.9. The summed E-state index contributed by atoms with van der Waals surface area (Å²) < 4.78 is 0. The Kier molecular flexibility index (Phi) is 7.63. The minimum absolute atomic E-state index is 0.153. The predicted molar refractivity (Wildman–Crippen MR) is 79.4 cm³/mol. The van der Waals surface area contributed by atoms with Crippen LogP contribution >= 0.6 is 0 Å². The zero-order chi connectivity index (χ0) is 15.0. The topological polar surface area (TPSA) is 66.4 Å². The number of hydrogen-bond donors (Lipinski definition) is 2. The van der Waals surface area contributed by atoms with Crippen molar-refractivity contribution in [3.8, 4) is 0 Å². The molecule has 2 N–H and O–H groups in total. The van der Waals surface area contributed by atoms with Crippen molar-refractivity contribution in [3.63, 3.8) is 0 Å². The van der Waals surface area contributed by atoms with E-state index in [4.69, 9.17) is 5.11 Å². The van der Waals surface area contributed by atoms with Crippen LogP contribution in [0.4, 0.5) is 0 Å². The molecule has 0 saturated heterocycles. The highest BCUT2D eigenvalue weighted by atomic mass is 16.4. The summed E-state index contributed by atoms with van der Waals surface area (Å²) in [4.78, 5) is 23.0. The van der Waals surface area contributed by atoms with Gasteiger partial charge in [-0.3, -0.25) is 9.59 Å². The molecule has 0 aromatic rings. The normalized spacial score (nSPS) is 22.8. The number of hydrogen-bond acceptors (Lipinski definition) is 2. The molecule has 1 aliphatic carbocycles. The van der Waals surface area contributed by atoms with Crippen LogP contribution < -0.4 is 5.32 Å². The fourth-order valence-corrected chi connectivity index (χ4v) is 3.11. The standard InChI is InChI=1S/C16H29NO3/c1-3-5-13(6-4-2)15(18)17-11-12-7-9-14(10-8-12)16(19)20/h12-14H,3-11H2,1-2H3,(H,17,18)(H,19,20). The fourth-order valence-electron chi connectivity index (χ4n) is 3.11. The summed E-state index contributed by atoms with van der Waals surface area (Å²) >= 11 is 0. The van der Waals surface area contributed by atoms with Crippen LogP contribution in [0.1, 0.15) is 65.2 Å². The highest BCUT2D eigenvalue weighted by molar-refractivity contribution is 5.78. The lowest BCUT2D eigenvalue weighted by atomic mass is 9.82. The molecule has 1 rings (SSSR count). The molecule has 0 atom stereocenters. The van der Waals surface area contributed by atoms with Gasteiger partial charge in [0, 0.05) is 12.5 Å². The van der Waals surface area contributed by atoms with E-state index in [2.05, 4.69) is 19.2 Å². The average molecular weight is 283 g/mol. The van der Waals surface area contributed by atoms with Gasteiger partial charge in [-0.1, -0.05) is 26.7 Å². The second-order valence-corrected chi connectivity index (χ2v) is 6.08. The van der Waals surface area contributed by atoms with Crippen molar-refractivity contribution in [3.05, 3.63) is 0 Å². The van der Waals surface area contributed by atoms with E-state index >= 15 is 0 Å². The first-order valence-corrected chi connectivity index (χ1v) is 8.08. The van der Waals surface area contributed by atoms with Crippen LogP contribution in [0, 0.1) is 17.8 Å². The van der Waals surface area contributed by atoms with E-state index in [9.17, 15) is 9.59 Å². The first-order chi connectivity index (χ1) is 9.58. The van der Waals surface area contributed by atoms with Gasteiger partial charge in [0.1, 0.15) is 0 Å². The largest absolute Gasteiger partial charge is 0.481 e. The predicted octanol–water partition coefficient (Wildman–Crippen LogP) is 3.21. The molecule has 1 saturated carbocycles. The molecule has 0 unspecified atom stereocenters. The highest BCUT2D eigenvalue weighted by Gasteiger charge is 2.26. The van der Waals surface area contributed by atoms with Crippen molar-refractivity contribution < 1.29 is 14.7 Å². The third-order valence-electron chi connectivity index (χ3n) is 4.41. The van der Waals surface area contributed by atoms with Crippen molar-refractivity contribution in [1.82, 2.24) is 5.32 Å². The Morgan fingerprint density at radius 2 is 1.65 bits per heavy atom. The first kappa shape index (κ1) is 17.0.